The summed E-state index contributed by atoms with van der Waals surface area (Å²) in [6, 6.07) is 11.3. The first-order valence-electron chi connectivity index (χ1n) is 7.99. The van der Waals surface area contributed by atoms with Gasteiger partial charge < -0.3 is 14.2 Å². The largest absolute Gasteiger partial charge is 0.494 e. The highest BCUT2D eigenvalue weighted by atomic mass is 32.1. The minimum absolute atomic E-state index is 0.0445. The zero-order valence-electron chi connectivity index (χ0n) is 14.9. The van der Waals surface area contributed by atoms with E-state index >= 15 is 0 Å². The van der Waals surface area contributed by atoms with E-state index in [1.807, 2.05) is 39.0 Å². The number of anilines is 1. The lowest BCUT2D eigenvalue weighted by Gasteiger charge is -2.20. The topological polar surface area (TPSA) is 51.2 Å². The molecule has 1 N–H and O–H groups in total. The molecule has 5 nitrogen and oxygen atoms in total. The van der Waals surface area contributed by atoms with Crippen LogP contribution in [0.25, 0.3) is 0 Å². The number of ether oxygens (including phenoxy) is 3. The molecule has 0 aromatic heterocycles. The number of thiocarbonyl (C=S) groups is 1. The molecule has 25 heavy (non-hydrogen) atoms. The molecular formula is C19H23NO4S. The van der Waals surface area contributed by atoms with Crippen molar-refractivity contribution in [3.05, 3.63) is 53.1 Å². The second-order valence-corrected chi connectivity index (χ2v) is 5.91. The molecular weight excluding hydrogens is 338 g/mol. The van der Waals surface area contributed by atoms with Crippen molar-refractivity contribution in [3.8, 4) is 11.5 Å². The summed E-state index contributed by atoms with van der Waals surface area (Å²) in [5.41, 5.74) is 3.44. The van der Waals surface area contributed by atoms with Crippen molar-refractivity contribution in [1.29, 1.82) is 0 Å². The van der Waals surface area contributed by atoms with E-state index in [0.717, 1.165) is 21.9 Å². The van der Waals surface area contributed by atoms with E-state index in [-0.39, 0.29) is 11.8 Å². The molecule has 0 fully saturated rings. The van der Waals surface area contributed by atoms with Crippen LogP contribution in [-0.4, -0.2) is 24.1 Å². The van der Waals surface area contributed by atoms with Crippen LogP contribution in [0, 0.1) is 13.8 Å². The molecule has 0 saturated carbocycles. The highest BCUT2D eigenvalue weighted by Crippen LogP contribution is 2.28. The fourth-order valence-electron chi connectivity index (χ4n) is 2.44. The first kappa shape index (κ1) is 19.0. The molecule has 0 amide bonds. The lowest BCUT2D eigenvalue weighted by atomic mass is 10.1. The summed E-state index contributed by atoms with van der Waals surface area (Å²) in [5, 5.41) is 11.0. The Morgan fingerprint density at radius 3 is 2.52 bits per heavy atom. The zero-order valence-corrected chi connectivity index (χ0v) is 15.7. The highest BCUT2D eigenvalue weighted by molar-refractivity contribution is 7.80. The maximum absolute atomic E-state index is 10.2. The van der Waals surface area contributed by atoms with Gasteiger partial charge in [-0.3, -0.25) is 5.21 Å². The Bertz CT molecular complexity index is 748. The maximum Gasteiger partial charge on any atom is 0.288 e. The van der Waals surface area contributed by atoms with Crippen molar-refractivity contribution in [3.63, 3.8) is 0 Å². The number of rotatable bonds is 6. The van der Waals surface area contributed by atoms with Crippen LogP contribution in [-0.2, 0) is 11.3 Å². The van der Waals surface area contributed by atoms with Gasteiger partial charge in [-0.15, -0.1) is 0 Å². The molecule has 0 saturated heterocycles. The van der Waals surface area contributed by atoms with Gasteiger partial charge in [0.25, 0.3) is 5.17 Å². The molecule has 0 heterocycles. The Morgan fingerprint density at radius 2 is 1.88 bits per heavy atom. The third kappa shape index (κ3) is 4.84. The second kappa shape index (κ2) is 8.69. The summed E-state index contributed by atoms with van der Waals surface area (Å²) in [6.07, 6.45) is 0. The van der Waals surface area contributed by atoms with Crippen molar-refractivity contribution in [2.75, 3.05) is 18.8 Å². The van der Waals surface area contributed by atoms with Crippen molar-refractivity contribution < 1.29 is 19.4 Å². The summed E-state index contributed by atoms with van der Waals surface area (Å²) in [6.45, 7) is 6.76. The maximum atomic E-state index is 10.2. The van der Waals surface area contributed by atoms with Crippen LogP contribution in [0.2, 0.25) is 0 Å². The van der Waals surface area contributed by atoms with Crippen LogP contribution < -0.4 is 14.5 Å². The molecule has 0 spiro atoms. The molecule has 2 aromatic carbocycles. The molecule has 0 unspecified atom stereocenters. The molecule has 2 aromatic rings. The average Bonchev–Trinajstić information content (AvgIpc) is 2.60. The Hall–Kier alpha value is -2.31. The van der Waals surface area contributed by atoms with Gasteiger partial charge in [-0.2, -0.15) is 5.06 Å². The SMILES string of the molecule is CCOc1ccc(N(O)C(=S)OC)c(COc2ccc(C)cc2C)c1. The molecule has 0 atom stereocenters. The van der Waals surface area contributed by atoms with Crippen LogP contribution in [0.1, 0.15) is 23.6 Å². The van der Waals surface area contributed by atoms with Crippen LogP contribution in [0.15, 0.2) is 36.4 Å². The predicted octanol–water partition coefficient (Wildman–Crippen LogP) is 4.41. The summed E-state index contributed by atoms with van der Waals surface area (Å²) >= 11 is 5.00. The van der Waals surface area contributed by atoms with Crippen molar-refractivity contribution in [1.82, 2.24) is 0 Å². The quantitative estimate of drug-likeness (QED) is 0.608. The molecule has 0 bridgehead atoms. The summed E-state index contributed by atoms with van der Waals surface area (Å²) < 4.78 is 16.4. The van der Waals surface area contributed by atoms with Gasteiger partial charge >= 0.3 is 0 Å². The number of benzene rings is 2. The number of hydroxylamine groups is 1. The molecule has 2 rings (SSSR count). The number of aryl methyl sites for hydroxylation is 2. The van der Waals surface area contributed by atoms with Crippen molar-refractivity contribution >= 4 is 23.1 Å². The van der Waals surface area contributed by atoms with E-state index in [1.54, 1.807) is 12.1 Å². The number of hydrogen-bond acceptors (Lipinski definition) is 5. The Labute approximate surface area is 153 Å². The van der Waals surface area contributed by atoms with Gasteiger partial charge in [-0.25, -0.2) is 0 Å². The fourth-order valence-corrected chi connectivity index (χ4v) is 2.54. The van der Waals surface area contributed by atoms with E-state index in [2.05, 4.69) is 6.07 Å². The molecule has 0 aliphatic carbocycles. The summed E-state index contributed by atoms with van der Waals surface area (Å²) in [7, 11) is 1.41. The van der Waals surface area contributed by atoms with Gasteiger partial charge in [0.2, 0.25) is 0 Å². The number of hydrogen-bond donors (Lipinski definition) is 1. The first-order chi connectivity index (χ1) is 12.0. The first-order valence-corrected chi connectivity index (χ1v) is 8.39. The lowest BCUT2D eigenvalue weighted by molar-refractivity contribution is 0.263. The Balaban J connectivity index is 2.28. The van der Waals surface area contributed by atoms with Gasteiger partial charge in [0.1, 0.15) is 18.1 Å². The molecule has 0 radical (unpaired) electrons. The van der Waals surface area contributed by atoms with Crippen LogP contribution in [0.5, 0.6) is 11.5 Å². The molecule has 6 heteroatoms. The van der Waals surface area contributed by atoms with Crippen molar-refractivity contribution in [2.45, 2.75) is 27.4 Å². The van der Waals surface area contributed by atoms with Crippen LogP contribution >= 0.6 is 12.2 Å². The molecule has 0 aliphatic rings. The number of methoxy groups -OCH3 is 1. The fraction of sp³-hybridized carbons (Fsp3) is 0.316. The van der Waals surface area contributed by atoms with Crippen molar-refractivity contribution in [2.24, 2.45) is 0 Å². The highest BCUT2D eigenvalue weighted by Gasteiger charge is 2.16. The minimum atomic E-state index is -0.0445. The zero-order chi connectivity index (χ0) is 18.4. The number of nitrogens with zero attached hydrogens (tertiary/aromatic N) is 1. The van der Waals surface area contributed by atoms with Gasteiger partial charge in [0.05, 0.1) is 19.4 Å². The standard InChI is InChI=1S/C19H23NO4S/c1-5-23-16-7-8-17(20(21)19(25)22-4)15(11-16)12-24-18-9-6-13(2)10-14(18)3/h6-11,21H,5,12H2,1-4H3. The molecule has 134 valence electrons. The monoisotopic (exact) mass is 361 g/mol. The van der Waals surface area contributed by atoms with E-state index in [1.165, 1.54) is 12.7 Å². The summed E-state index contributed by atoms with van der Waals surface area (Å²) in [4.78, 5) is 0. The van der Waals surface area contributed by atoms with E-state index in [4.69, 9.17) is 26.4 Å². The second-order valence-electron chi connectivity index (χ2n) is 5.56. The average molecular weight is 361 g/mol. The minimum Gasteiger partial charge on any atom is -0.494 e. The normalized spacial score (nSPS) is 10.3. The van der Waals surface area contributed by atoms with E-state index in [9.17, 15) is 5.21 Å². The Kier molecular flexibility index (Phi) is 6.61. The predicted molar refractivity (Wildman–Crippen MR) is 102 cm³/mol. The van der Waals surface area contributed by atoms with E-state index in [0.29, 0.717) is 18.0 Å². The third-order valence-corrected chi connectivity index (χ3v) is 3.99. The van der Waals surface area contributed by atoms with Gasteiger partial charge in [-0.1, -0.05) is 17.7 Å². The van der Waals surface area contributed by atoms with Crippen LogP contribution in [0.4, 0.5) is 5.69 Å². The lowest BCUT2D eigenvalue weighted by Crippen LogP contribution is -2.27. The third-order valence-electron chi connectivity index (χ3n) is 3.65. The van der Waals surface area contributed by atoms with Gasteiger partial charge in [-0.05, 0) is 62.8 Å². The van der Waals surface area contributed by atoms with E-state index < -0.39 is 0 Å². The van der Waals surface area contributed by atoms with Gasteiger partial charge in [0.15, 0.2) is 0 Å². The Morgan fingerprint density at radius 1 is 1.12 bits per heavy atom. The van der Waals surface area contributed by atoms with Crippen LogP contribution in [0.3, 0.4) is 0 Å². The summed E-state index contributed by atoms with van der Waals surface area (Å²) in [5.74, 6) is 1.49. The smallest absolute Gasteiger partial charge is 0.288 e. The van der Waals surface area contributed by atoms with Gasteiger partial charge in [0, 0.05) is 5.56 Å². The molecule has 0 aliphatic heterocycles.